The number of ether oxygens (including phenoxy) is 1. The first-order valence-corrected chi connectivity index (χ1v) is 9.01. The van der Waals surface area contributed by atoms with E-state index in [1.807, 2.05) is 18.2 Å². The summed E-state index contributed by atoms with van der Waals surface area (Å²) in [7, 11) is 0. The van der Waals surface area contributed by atoms with Crippen LogP contribution < -0.4 is 10.6 Å². The first-order chi connectivity index (χ1) is 12.3. The van der Waals surface area contributed by atoms with Crippen LogP contribution in [-0.2, 0) is 24.1 Å². The number of nitrogens with one attached hydrogen (secondary N) is 3. The van der Waals surface area contributed by atoms with Crippen LogP contribution in [0.3, 0.4) is 0 Å². The van der Waals surface area contributed by atoms with E-state index in [0.29, 0.717) is 18.8 Å². The summed E-state index contributed by atoms with van der Waals surface area (Å²) in [5.41, 5.74) is 3.91. The van der Waals surface area contributed by atoms with Crippen molar-refractivity contribution in [2.24, 2.45) is 0 Å². The number of amides is 1. The lowest BCUT2D eigenvalue weighted by Gasteiger charge is -2.12. The molecule has 3 N–H and O–H groups in total. The number of aromatic amines is 1. The molecule has 1 amide bonds. The smallest absolute Gasteiger partial charge is 0.272 e. The molecule has 0 saturated heterocycles. The Morgan fingerprint density at radius 2 is 2.08 bits per heavy atom. The molecular formula is C19H26N4O2. The first kappa shape index (κ1) is 17.6. The van der Waals surface area contributed by atoms with E-state index in [9.17, 15) is 4.79 Å². The Hall–Kier alpha value is -2.18. The third-order valence-corrected chi connectivity index (χ3v) is 4.40. The van der Waals surface area contributed by atoms with Gasteiger partial charge in [0.25, 0.3) is 5.91 Å². The van der Waals surface area contributed by atoms with Crippen molar-refractivity contribution in [1.29, 1.82) is 0 Å². The molecule has 6 nitrogen and oxygen atoms in total. The van der Waals surface area contributed by atoms with Crippen molar-refractivity contribution >= 4 is 5.91 Å². The van der Waals surface area contributed by atoms with Gasteiger partial charge in [-0.25, -0.2) is 0 Å². The quantitative estimate of drug-likeness (QED) is 0.608. The minimum absolute atomic E-state index is 0.0915. The minimum Gasteiger partial charge on any atom is -0.381 e. The van der Waals surface area contributed by atoms with Crippen molar-refractivity contribution in [3.63, 3.8) is 0 Å². The third kappa shape index (κ3) is 5.14. The van der Waals surface area contributed by atoms with E-state index in [1.54, 1.807) is 0 Å². The van der Waals surface area contributed by atoms with E-state index in [1.165, 1.54) is 5.56 Å². The van der Waals surface area contributed by atoms with Gasteiger partial charge in [0.15, 0.2) is 5.69 Å². The average Bonchev–Trinajstić information content (AvgIpc) is 3.09. The zero-order valence-corrected chi connectivity index (χ0v) is 14.5. The van der Waals surface area contributed by atoms with E-state index in [0.717, 1.165) is 56.7 Å². The number of H-pyrrole nitrogens is 1. The summed E-state index contributed by atoms with van der Waals surface area (Å²) in [6.45, 7) is 3.76. The Balaban J connectivity index is 1.26. The monoisotopic (exact) mass is 342 g/mol. The molecular weight excluding hydrogens is 316 g/mol. The van der Waals surface area contributed by atoms with Crippen LogP contribution in [0.1, 0.15) is 40.2 Å². The Morgan fingerprint density at radius 1 is 1.20 bits per heavy atom. The first-order valence-electron chi connectivity index (χ1n) is 9.01. The highest BCUT2D eigenvalue weighted by atomic mass is 16.5. The number of unbranched alkanes of at least 4 members (excludes halogenated alkanes) is 1. The van der Waals surface area contributed by atoms with Crippen LogP contribution in [0.5, 0.6) is 0 Å². The standard InChI is InChI=1S/C19H26N4O2/c24-19(18-16-14-20-11-8-17(16)22-23-18)21-10-4-5-12-25-13-9-15-6-2-1-3-7-15/h1-3,6-7,20H,4-5,8-14H2,(H,21,24)(H,22,23). The summed E-state index contributed by atoms with van der Waals surface area (Å²) in [6.07, 6.45) is 3.68. The molecule has 0 aliphatic carbocycles. The van der Waals surface area contributed by atoms with Gasteiger partial charge in [0.05, 0.1) is 6.61 Å². The zero-order valence-electron chi connectivity index (χ0n) is 14.5. The summed E-state index contributed by atoms with van der Waals surface area (Å²) in [5, 5.41) is 13.4. The summed E-state index contributed by atoms with van der Waals surface area (Å²) in [4.78, 5) is 12.2. The Bertz CT molecular complexity index is 669. The molecule has 0 saturated carbocycles. The molecule has 1 aromatic heterocycles. The molecule has 134 valence electrons. The van der Waals surface area contributed by atoms with Crippen LogP contribution in [-0.4, -0.2) is 42.4 Å². The van der Waals surface area contributed by atoms with Gasteiger partial charge < -0.3 is 15.4 Å². The lowest BCUT2D eigenvalue weighted by Crippen LogP contribution is -2.29. The van der Waals surface area contributed by atoms with Gasteiger partial charge in [0.1, 0.15) is 0 Å². The van der Waals surface area contributed by atoms with Crippen LogP contribution in [0.4, 0.5) is 0 Å². The fourth-order valence-electron chi connectivity index (χ4n) is 2.96. The molecule has 1 aromatic carbocycles. The highest BCUT2D eigenvalue weighted by molar-refractivity contribution is 5.94. The maximum absolute atomic E-state index is 12.2. The SMILES string of the molecule is O=C(NCCCCOCCc1ccccc1)c1n[nH]c2c1CNCC2. The highest BCUT2D eigenvalue weighted by Crippen LogP contribution is 2.14. The summed E-state index contributed by atoms with van der Waals surface area (Å²) in [6, 6.07) is 10.3. The Morgan fingerprint density at radius 3 is 2.96 bits per heavy atom. The van der Waals surface area contributed by atoms with Crippen LogP contribution in [0.25, 0.3) is 0 Å². The molecule has 1 aliphatic heterocycles. The molecule has 25 heavy (non-hydrogen) atoms. The summed E-state index contributed by atoms with van der Waals surface area (Å²) < 4.78 is 5.65. The Kier molecular flexibility index (Phi) is 6.59. The number of hydrogen-bond donors (Lipinski definition) is 3. The molecule has 0 unspecified atom stereocenters. The summed E-state index contributed by atoms with van der Waals surface area (Å²) in [5.74, 6) is -0.0915. The van der Waals surface area contributed by atoms with Crippen molar-refractivity contribution in [3.8, 4) is 0 Å². The number of hydrogen-bond acceptors (Lipinski definition) is 4. The van der Waals surface area contributed by atoms with Crippen molar-refractivity contribution in [2.45, 2.75) is 32.2 Å². The minimum atomic E-state index is -0.0915. The number of aromatic nitrogens is 2. The molecule has 2 heterocycles. The maximum Gasteiger partial charge on any atom is 0.272 e. The number of fused-ring (bicyclic) bond motifs is 1. The van der Waals surface area contributed by atoms with Gasteiger partial charge in [0, 0.05) is 43.9 Å². The number of benzene rings is 1. The second-order valence-corrected chi connectivity index (χ2v) is 6.27. The van der Waals surface area contributed by atoms with E-state index >= 15 is 0 Å². The maximum atomic E-state index is 12.2. The van der Waals surface area contributed by atoms with Crippen molar-refractivity contribution in [1.82, 2.24) is 20.8 Å². The van der Waals surface area contributed by atoms with Gasteiger partial charge in [-0.3, -0.25) is 9.89 Å². The fourth-order valence-corrected chi connectivity index (χ4v) is 2.96. The predicted molar refractivity (Wildman–Crippen MR) is 96.5 cm³/mol. The lowest BCUT2D eigenvalue weighted by molar-refractivity contribution is 0.0942. The normalized spacial score (nSPS) is 13.4. The van der Waals surface area contributed by atoms with Crippen LogP contribution in [0, 0.1) is 0 Å². The molecule has 0 atom stereocenters. The number of nitrogens with zero attached hydrogens (tertiary/aromatic N) is 1. The molecule has 2 aromatic rings. The zero-order chi connectivity index (χ0) is 17.3. The molecule has 3 rings (SSSR count). The van der Waals surface area contributed by atoms with Gasteiger partial charge in [-0.05, 0) is 24.8 Å². The van der Waals surface area contributed by atoms with Crippen LogP contribution in [0.2, 0.25) is 0 Å². The molecule has 0 spiro atoms. The van der Waals surface area contributed by atoms with E-state index in [2.05, 4.69) is 33.0 Å². The third-order valence-electron chi connectivity index (χ3n) is 4.40. The van der Waals surface area contributed by atoms with Crippen molar-refractivity contribution in [3.05, 3.63) is 52.8 Å². The fraction of sp³-hybridized carbons (Fsp3) is 0.474. The van der Waals surface area contributed by atoms with Crippen LogP contribution in [0.15, 0.2) is 30.3 Å². The predicted octanol–water partition coefficient (Wildman–Crippen LogP) is 1.82. The summed E-state index contributed by atoms with van der Waals surface area (Å²) >= 11 is 0. The molecule has 1 aliphatic rings. The molecule has 0 bridgehead atoms. The number of rotatable bonds is 9. The number of carbonyl (C=O) groups excluding carboxylic acids is 1. The largest absolute Gasteiger partial charge is 0.381 e. The topological polar surface area (TPSA) is 79.0 Å². The van der Waals surface area contributed by atoms with Gasteiger partial charge >= 0.3 is 0 Å². The number of carbonyl (C=O) groups is 1. The van der Waals surface area contributed by atoms with Gasteiger partial charge in [-0.15, -0.1) is 0 Å². The van der Waals surface area contributed by atoms with E-state index < -0.39 is 0 Å². The van der Waals surface area contributed by atoms with Gasteiger partial charge in [0.2, 0.25) is 0 Å². The van der Waals surface area contributed by atoms with Crippen molar-refractivity contribution < 1.29 is 9.53 Å². The van der Waals surface area contributed by atoms with E-state index in [-0.39, 0.29) is 5.91 Å². The van der Waals surface area contributed by atoms with Crippen LogP contribution >= 0.6 is 0 Å². The highest BCUT2D eigenvalue weighted by Gasteiger charge is 2.20. The second kappa shape index (κ2) is 9.34. The average molecular weight is 342 g/mol. The molecule has 0 fully saturated rings. The Labute approximate surface area is 148 Å². The van der Waals surface area contributed by atoms with Crippen molar-refractivity contribution in [2.75, 3.05) is 26.3 Å². The molecule has 6 heteroatoms. The van der Waals surface area contributed by atoms with Gasteiger partial charge in [-0.2, -0.15) is 5.10 Å². The van der Waals surface area contributed by atoms with Gasteiger partial charge in [-0.1, -0.05) is 30.3 Å². The van der Waals surface area contributed by atoms with E-state index in [4.69, 9.17) is 4.74 Å². The molecule has 0 radical (unpaired) electrons. The second-order valence-electron chi connectivity index (χ2n) is 6.27. The lowest BCUT2D eigenvalue weighted by atomic mass is 10.1.